The molecule has 0 aliphatic carbocycles. The average molecular weight is 368 g/mol. The molecule has 0 spiro atoms. The Hall–Kier alpha value is -0.330. The van der Waals surface area contributed by atoms with Gasteiger partial charge in [-0.25, -0.2) is 0 Å². The molecule has 0 heterocycles. The summed E-state index contributed by atoms with van der Waals surface area (Å²) < 4.78 is 0.874. The molecule has 1 amide bonds. The Morgan fingerprint density at radius 3 is 2.94 bits per heavy atom. The largest absolute Gasteiger partial charge is 0.396 e. The van der Waals surface area contributed by atoms with Crippen LogP contribution in [0.25, 0.3) is 0 Å². The third-order valence-electron chi connectivity index (χ3n) is 2.41. The number of hydrogen-bond acceptors (Lipinski definition) is 2. The first-order valence-corrected chi connectivity index (χ1v) is 6.84. The van der Waals surface area contributed by atoms with Crippen molar-refractivity contribution in [3.63, 3.8) is 0 Å². The van der Waals surface area contributed by atoms with Crippen LogP contribution in [0.3, 0.4) is 0 Å². The Morgan fingerprint density at radius 1 is 1.59 bits per heavy atom. The van der Waals surface area contributed by atoms with Gasteiger partial charge in [0.1, 0.15) is 0 Å². The molecule has 17 heavy (non-hydrogen) atoms. The number of benzene rings is 1. The molecular weight excluding hydrogens is 352 g/mol. The van der Waals surface area contributed by atoms with E-state index in [1.165, 1.54) is 0 Å². The second-order valence-electron chi connectivity index (χ2n) is 3.95. The summed E-state index contributed by atoms with van der Waals surface area (Å²) in [5.41, 5.74) is 0.592. The molecule has 1 aromatic rings. The highest BCUT2D eigenvalue weighted by Crippen LogP contribution is 2.17. The van der Waals surface area contributed by atoms with Gasteiger partial charge < -0.3 is 10.4 Å². The number of nitrogens with one attached hydrogen (secondary N) is 1. The molecule has 0 aliphatic heterocycles. The lowest BCUT2D eigenvalue weighted by molar-refractivity contribution is 0.0944. The molecule has 1 unspecified atom stereocenters. The van der Waals surface area contributed by atoms with E-state index >= 15 is 0 Å². The number of hydrogen-bond donors (Lipinski definition) is 2. The second kappa shape index (κ2) is 7.18. The Bertz CT molecular complexity index is 398. The van der Waals surface area contributed by atoms with Crippen molar-refractivity contribution in [1.82, 2.24) is 5.32 Å². The van der Waals surface area contributed by atoms with Crippen molar-refractivity contribution in [2.75, 3.05) is 13.2 Å². The molecular formula is C12H15ClINO2. The smallest absolute Gasteiger partial charge is 0.252 e. The molecule has 1 aromatic carbocycles. The number of aliphatic hydroxyl groups is 1. The minimum absolute atomic E-state index is 0.123. The average Bonchev–Trinajstić information content (AvgIpc) is 2.29. The Kier molecular flexibility index (Phi) is 6.22. The van der Waals surface area contributed by atoms with Gasteiger partial charge >= 0.3 is 0 Å². The minimum Gasteiger partial charge on any atom is -0.396 e. The normalized spacial score (nSPS) is 12.2. The first-order chi connectivity index (χ1) is 8.04. The highest BCUT2D eigenvalue weighted by molar-refractivity contribution is 14.1. The van der Waals surface area contributed by atoms with Gasteiger partial charge in [-0.3, -0.25) is 4.79 Å². The van der Waals surface area contributed by atoms with Crippen LogP contribution in [0, 0.1) is 9.49 Å². The number of halogens is 2. The van der Waals surface area contributed by atoms with Crippen LogP contribution < -0.4 is 5.32 Å². The van der Waals surface area contributed by atoms with Crippen LogP contribution in [0.1, 0.15) is 23.7 Å². The highest BCUT2D eigenvalue weighted by Gasteiger charge is 2.11. The summed E-state index contributed by atoms with van der Waals surface area (Å²) >= 11 is 7.96. The molecule has 94 valence electrons. The number of aliphatic hydroxyl groups excluding tert-OH is 1. The maximum Gasteiger partial charge on any atom is 0.252 e. The molecule has 0 radical (unpaired) electrons. The van der Waals surface area contributed by atoms with Crippen molar-refractivity contribution in [2.45, 2.75) is 13.3 Å². The van der Waals surface area contributed by atoms with Gasteiger partial charge in [0, 0.05) is 21.7 Å². The van der Waals surface area contributed by atoms with Gasteiger partial charge in [-0.2, -0.15) is 0 Å². The fraction of sp³-hybridized carbons (Fsp3) is 0.417. The third kappa shape index (κ3) is 4.81. The maximum atomic E-state index is 11.9. The van der Waals surface area contributed by atoms with Gasteiger partial charge in [0.25, 0.3) is 5.91 Å². The lowest BCUT2D eigenvalue weighted by Gasteiger charge is -2.12. The van der Waals surface area contributed by atoms with E-state index in [1.54, 1.807) is 12.1 Å². The van der Waals surface area contributed by atoms with Crippen LogP contribution in [-0.4, -0.2) is 24.2 Å². The van der Waals surface area contributed by atoms with Crippen LogP contribution in [0.4, 0.5) is 0 Å². The van der Waals surface area contributed by atoms with E-state index in [1.807, 2.05) is 13.0 Å². The summed E-state index contributed by atoms with van der Waals surface area (Å²) in [6.45, 7) is 2.69. The molecule has 0 saturated heterocycles. The van der Waals surface area contributed by atoms with E-state index in [9.17, 15) is 4.79 Å². The molecule has 0 aromatic heterocycles. The van der Waals surface area contributed by atoms with Gasteiger partial charge in [0.15, 0.2) is 0 Å². The first-order valence-electron chi connectivity index (χ1n) is 5.38. The van der Waals surface area contributed by atoms with E-state index in [0.29, 0.717) is 23.6 Å². The fourth-order valence-corrected chi connectivity index (χ4v) is 2.11. The lowest BCUT2D eigenvalue weighted by atomic mass is 10.1. The van der Waals surface area contributed by atoms with Crippen LogP contribution >= 0.6 is 34.2 Å². The molecule has 2 N–H and O–H groups in total. The van der Waals surface area contributed by atoms with Crippen molar-refractivity contribution in [2.24, 2.45) is 5.92 Å². The van der Waals surface area contributed by atoms with Crippen LogP contribution in [0.15, 0.2) is 18.2 Å². The summed E-state index contributed by atoms with van der Waals surface area (Å²) in [7, 11) is 0. The van der Waals surface area contributed by atoms with E-state index in [4.69, 9.17) is 16.7 Å². The predicted octanol–water partition coefficient (Wildman–Crippen LogP) is 2.69. The summed E-state index contributed by atoms with van der Waals surface area (Å²) in [6.07, 6.45) is 0.687. The quantitative estimate of drug-likeness (QED) is 0.786. The number of carbonyl (C=O) groups is 1. The molecule has 1 atom stereocenters. The summed E-state index contributed by atoms with van der Waals surface area (Å²) in [6, 6.07) is 5.23. The zero-order valence-corrected chi connectivity index (χ0v) is 12.5. The lowest BCUT2D eigenvalue weighted by Crippen LogP contribution is -2.29. The molecule has 5 heteroatoms. The Morgan fingerprint density at radius 2 is 2.29 bits per heavy atom. The monoisotopic (exact) mass is 367 g/mol. The Labute approximate surface area is 120 Å². The van der Waals surface area contributed by atoms with E-state index in [0.717, 1.165) is 3.57 Å². The zero-order valence-electron chi connectivity index (χ0n) is 9.54. The predicted molar refractivity (Wildman–Crippen MR) is 77.4 cm³/mol. The molecule has 0 bridgehead atoms. The van der Waals surface area contributed by atoms with E-state index in [2.05, 4.69) is 27.9 Å². The first kappa shape index (κ1) is 14.7. The summed E-state index contributed by atoms with van der Waals surface area (Å²) in [5, 5.41) is 12.2. The van der Waals surface area contributed by atoms with Crippen molar-refractivity contribution in [3.05, 3.63) is 32.4 Å². The van der Waals surface area contributed by atoms with Crippen molar-refractivity contribution < 1.29 is 9.90 Å². The topological polar surface area (TPSA) is 49.3 Å². The maximum absolute atomic E-state index is 11.9. The molecule has 0 saturated carbocycles. The van der Waals surface area contributed by atoms with Crippen molar-refractivity contribution in [3.8, 4) is 0 Å². The second-order valence-corrected chi connectivity index (χ2v) is 5.55. The third-order valence-corrected chi connectivity index (χ3v) is 3.58. The van der Waals surface area contributed by atoms with Gasteiger partial charge in [-0.05, 0) is 53.1 Å². The Balaban J connectivity index is 2.61. The molecule has 3 nitrogen and oxygen atoms in total. The SMILES string of the molecule is CC(CCO)CNC(=O)c1cc(Cl)ccc1I. The van der Waals surface area contributed by atoms with Crippen molar-refractivity contribution >= 4 is 40.1 Å². The standard InChI is InChI=1S/C12H15ClINO2/c1-8(4-5-16)7-15-12(17)10-6-9(13)2-3-11(10)14/h2-3,6,8,16H,4-5,7H2,1H3,(H,15,17). The summed E-state index contributed by atoms with van der Waals surface area (Å²) in [4.78, 5) is 11.9. The molecule has 1 rings (SSSR count). The highest BCUT2D eigenvalue weighted by atomic mass is 127. The van der Waals surface area contributed by atoms with Crippen molar-refractivity contribution in [1.29, 1.82) is 0 Å². The van der Waals surface area contributed by atoms with E-state index in [-0.39, 0.29) is 18.4 Å². The number of carbonyl (C=O) groups excluding carboxylic acids is 1. The van der Waals surface area contributed by atoms with Crippen LogP contribution in [-0.2, 0) is 0 Å². The van der Waals surface area contributed by atoms with Gasteiger partial charge in [-0.15, -0.1) is 0 Å². The zero-order chi connectivity index (χ0) is 12.8. The number of amides is 1. The molecule has 0 fully saturated rings. The van der Waals surface area contributed by atoms with Crippen LogP contribution in [0.2, 0.25) is 5.02 Å². The van der Waals surface area contributed by atoms with E-state index < -0.39 is 0 Å². The fourth-order valence-electron chi connectivity index (χ4n) is 1.36. The number of rotatable bonds is 5. The summed E-state index contributed by atoms with van der Waals surface area (Å²) in [5.74, 6) is 0.141. The van der Waals surface area contributed by atoms with Gasteiger partial charge in [-0.1, -0.05) is 18.5 Å². The molecule has 0 aliphatic rings. The van der Waals surface area contributed by atoms with Crippen LogP contribution in [0.5, 0.6) is 0 Å². The van der Waals surface area contributed by atoms with Gasteiger partial charge in [0.05, 0.1) is 5.56 Å². The van der Waals surface area contributed by atoms with Gasteiger partial charge in [0.2, 0.25) is 0 Å². The minimum atomic E-state index is -0.123.